The molecule has 3 rings (SSSR count). The van der Waals surface area contributed by atoms with Gasteiger partial charge in [0.15, 0.2) is 0 Å². The molecule has 0 radical (unpaired) electrons. The Balaban J connectivity index is 1.96. The third kappa shape index (κ3) is 2.40. The summed E-state index contributed by atoms with van der Waals surface area (Å²) < 4.78 is 5.46. The zero-order valence-electron chi connectivity index (χ0n) is 10.7. The van der Waals surface area contributed by atoms with E-state index < -0.39 is 0 Å². The van der Waals surface area contributed by atoms with Crippen molar-refractivity contribution in [3.8, 4) is 16.9 Å². The maximum Gasteiger partial charge on any atom is 0.122 e. The Labute approximate surface area is 108 Å². The molecule has 2 aromatic carbocycles. The van der Waals surface area contributed by atoms with Gasteiger partial charge in [-0.05, 0) is 54.0 Å². The summed E-state index contributed by atoms with van der Waals surface area (Å²) in [7, 11) is 1.76. The topological polar surface area (TPSA) is 9.23 Å². The SMILES string of the molecule is COc1ccc(-c2ccccc2)cc1CC1CC1. The molecule has 0 saturated heterocycles. The summed E-state index contributed by atoms with van der Waals surface area (Å²) in [5.41, 5.74) is 3.91. The molecular formula is C17H18O. The van der Waals surface area contributed by atoms with Crippen LogP contribution in [0.15, 0.2) is 48.5 Å². The normalized spacial score (nSPS) is 14.5. The van der Waals surface area contributed by atoms with Gasteiger partial charge < -0.3 is 4.74 Å². The van der Waals surface area contributed by atoms with Gasteiger partial charge in [0.05, 0.1) is 7.11 Å². The van der Waals surface area contributed by atoms with Gasteiger partial charge in [0.2, 0.25) is 0 Å². The van der Waals surface area contributed by atoms with Crippen molar-refractivity contribution in [2.45, 2.75) is 19.3 Å². The van der Waals surface area contributed by atoms with Crippen LogP contribution in [0.1, 0.15) is 18.4 Å². The second-order valence-electron chi connectivity index (χ2n) is 5.04. The van der Waals surface area contributed by atoms with E-state index >= 15 is 0 Å². The van der Waals surface area contributed by atoms with E-state index in [9.17, 15) is 0 Å². The third-order valence-corrected chi connectivity index (χ3v) is 3.59. The molecule has 2 aromatic rings. The molecule has 1 nitrogen and oxygen atoms in total. The van der Waals surface area contributed by atoms with Crippen molar-refractivity contribution < 1.29 is 4.74 Å². The molecule has 0 amide bonds. The Kier molecular flexibility index (Phi) is 3.06. The second-order valence-corrected chi connectivity index (χ2v) is 5.04. The number of hydrogen-bond donors (Lipinski definition) is 0. The number of methoxy groups -OCH3 is 1. The largest absolute Gasteiger partial charge is 0.496 e. The molecule has 1 saturated carbocycles. The summed E-state index contributed by atoms with van der Waals surface area (Å²) >= 11 is 0. The van der Waals surface area contributed by atoms with Crippen LogP contribution in [0, 0.1) is 5.92 Å². The molecule has 0 spiro atoms. The summed E-state index contributed by atoms with van der Waals surface area (Å²) in [6, 6.07) is 17.1. The molecule has 0 heterocycles. The minimum Gasteiger partial charge on any atom is -0.496 e. The van der Waals surface area contributed by atoms with Crippen LogP contribution in [-0.2, 0) is 6.42 Å². The van der Waals surface area contributed by atoms with E-state index in [1.807, 2.05) is 0 Å². The Bertz CT molecular complexity index is 527. The highest BCUT2D eigenvalue weighted by Gasteiger charge is 2.23. The minimum absolute atomic E-state index is 0.880. The molecule has 1 aliphatic rings. The number of ether oxygens (including phenoxy) is 1. The molecule has 18 heavy (non-hydrogen) atoms. The van der Waals surface area contributed by atoms with Crippen molar-refractivity contribution in [2.75, 3.05) is 7.11 Å². The van der Waals surface area contributed by atoms with Crippen molar-refractivity contribution in [2.24, 2.45) is 5.92 Å². The molecule has 0 aromatic heterocycles. The molecule has 0 bridgehead atoms. The van der Waals surface area contributed by atoms with Gasteiger partial charge in [-0.25, -0.2) is 0 Å². The number of benzene rings is 2. The summed E-state index contributed by atoms with van der Waals surface area (Å²) in [4.78, 5) is 0. The van der Waals surface area contributed by atoms with Crippen LogP contribution in [-0.4, -0.2) is 7.11 Å². The maximum absolute atomic E-state index is 5.46. The first-order valence-corrected chi connectivity index (χ1v) is 6.59. The first kappa shape index (κ1) is 11.3. The van der Waals surface area contributed by atoms with Gasteiger partial charge in [-0.15, -0.1) is 0 Å². The molecule has 92 valence electrons. The molecule has 1 aliphatic carbocycles. The van der Waals surface area contributed by atoms with E-state index in [1.54, 1.807) is 7.11 Å². The van der Waals surface area contributed by atoms with Crippen molar-refractivity contribution in [3.63, 3.8) is 0 Å². The predicted octanol–water partition coefficient (Wildman–Crippen LogP) is 4.31. The van der Waals surface area contributed by atoms with Crippen LogP contribution in [0.3, 0.4) is 0 Å². The van der Waals surface area contributed by atoms with Crippen LogP contribution in [0.5, 0.6) is 5.75 Å². The minimum atomic E-state index is 0.880. The first-order valence-electron chi connectivity index (χ1n) is 6.59. The fourth-order valence-corrected chi connectivity index (χ4v) is 2.38. The highest BCUT2D eigenvalue weighted by Crippen LogP contribution is 2.36. The lowest BCUT2D eigenvalue weighted by Crippen LogP contribution is -1.94. The van der Waals surface area contributed by atoms with E-state index in [0.717, 1.165) is 18.1 Å². The average molecular weight is 238 g/mol. The molecule has 0 unspecified atom stereocenters. The second kappa shape index (κ2) is 4.85. The van der Waals surface area contributed by atoms with Gasteiger partial charge in [0.25, 0.3) is 0 Å². The van der Waals surface area contributed by atoms with Gasteiger partial charge in [-0.1, -0.05) is 36.4 Å². The van der Waals surface area contributed by atoms with Gasteiger partial charge in [-0.3, -0.25) is 0 Å². The Hall–Kier alpha value is -1.76. The molecule has 0 N–H and O–H groups in total. The van der Waals surface area contributed by atoms with Gasteiger partial charge >= 0.3 is 0 Å². The van der Waals surface area contributed by atoms with Crippen LogP contribution in [0.25, 0.3) is 11.1 Å². The van der Waals surface area contributed by atoms with E-state index in [1.165, 1.54) is 29.5 Å². The Morgan fingerprint density at radius 1 is 1.00 bits per heavy atom. The van der Waals surface area contributed by atoms with E-state index in [4.69, 9.17) is 4.74 Å². The van der Waals surface area contributed by atoms with Crippen LogP contribution in [0.2, 0.25) is 0 Å². The lowest BCUT2D eigenvalue weighted by atomic mass is 9.99. The van der Waals surface area contributed by atoms with Crippen LogP contribution < -0.4 is 4.74 Å². The van der Waals surface area contributed by atoms with Gasteiger partial charge in [-0.2, -0.15) is 0 Å². The molecule has 0 aliphatic heterocycles. The van der Waals surface area contributed by atoms with E-state index in [0.29, 0.717) is 0 Å². The predicted molar refractivity (Wildman–Crippen MR) is 74.9 cm³/mol. The molecule has 0 atom stereocenters. The number of rotatable bonds is 4. The summed E-state index contributed by atoms with van der Waals surface area (Å²) in [5, 5.41) is 0. The Morgan fingerprint density at radius 2 is 1.78 bits per heavy atom. The smallest absolute Gasteiger partial charge is 0.122 e. The lowest BCUT2D eigenvalue weighted by Gasteiger charge is -2.10. The summed E-state index contributed by atoms with van der Waals surface area (Å²) in [6.45, 7) is 0. The van der Waals surface area contributed by atoms with Crippen LogP contribution in [0.4, 0.5) is 0 Å². The summed E-state index contributed by atoms with van der Waals surface area (Å²) in [5.74, 6) is 1.91. The molecule has 1 fully saturated rings. The monoisotopic (exact) mass is 238 g/mol. The zero-order chi connectivity index (χ0) is 12.4. The highest BCUT2D eigenvalue weighted by molar-refractivity contribution is 5.65. The van der Waals surface area contributed by atoms with Gasteiger partial charge in [0.1, 0.15) is 5.75 Å². The Morgan fingerprint density at radius 3 is 2.44 bits per heavy atom. The summed E-state index contributed by atoms with van der Waals surface area (Å²) in [6.07, 6.45) is 3.90. The van der Waals surface area contributed by atoms with E-state index in [2.05, 4.69) is 48.5 Å². The van der Waals surface area contributed by atoms with E-state index in [-0.39, 0.29) is 0 Å². The van der Waals surface area contributed by atoms with Gasteiger partial charge in [0, 0.05) is 0 Å². The highest BCUT2D eigenvalue weighted by atomic mass is 16.5. The van der Waals surface area contributed by atoms with Crippen molar-refractivity contribution in [1.29, 1.82) is 0 Å². The third-order valence-electron chi connectivity index (χ3n) is 3.59. The van der Waals surface area contributed by atoms with Crippen molar-refractivity contribution in [1.82, 2.24) is 0 Å². The van der Waals surface area contributed by atoms with Crippen LogP contribution >= 0.6 is 0 Å². The average Bonchev–Trinajstić information content (AvgIpc) is 3.24. The quantitative estimate of drug-likeness (QED) is 0.771. The maximum atomic E-state index is 5.46. The molecular weight excluding hydrogens is 220 g/mol. The fraction of sp³-hybridized carbons (Fsp3) is 0.294. The number of hydrogen-bond acceptors (Lipinski definition) is 1. The lowest BCUT2D eigenvalue weighted by molar-refractivity contribution is 0.409. The standard InChI is InChI=1S/C17H18O/c1-18-17-10-9-15(14-5-3-2-4-6-14)12-16(17)11-13-7-8-13/h2-6,9-10,12-13H,7-8,11H2,1H3. The van der Waals surface area contributed by atoms with Crippen molar-refractivity contribution in [3.05, 3.63) is 54.1 Å². The van der Waals surface area contributed by atoms with Crippen molar-refractivity contribution >= 4 is 0 Å². The fourth-order valence-electron chi connectivity index (χ4n) is 2.38. The molecule has 1 heteroatoms. The zero-order valence-corrected chi connectivity index (χ0v) is 10.7. The first-order chi connectivity index (χ1) is 8.86.